The monoisotopic (exact) mass is 428 g/mol. The van der Waals surface area contributed by atoms with Crippen molar-refractivity contribution in [2.45, 2.75) is 19.2 Å². The quantitative estimate of drug-likeness (QED) is 0.394. The van der Waals surface area contributed by atoms with Crippen molar-refractivity contribution in [3.05, 3.63) is 96.6 Å². The summed E-state index contributed by atoms with van der Waals surface area (Å²) in [5.74, 6) is 0. The van der Waals surface area contributed by atoms with E-state index in [2.05, 4.69) is 0 Å². The van der Waals surface area contributed by atoms with Gasteiger partial charge in [-0.3, -0.25) is 4.57 Å². The largest absolute Gasteiger partial charge is 0.346 e. The van der Waals surface area contributed by atoms with Crippen LogP contribution in [0.3, 0.4) is 0 Å². The van der Waals surface area contributed by atoms with Crippen molar-refractivity contribution in [3.8, 4) is 0 Å². The lowest BCUT2D eigenvalue weighted by Crippen LogP contribution is -2.23. The minimum absolute atomic E-state index is 0.199. The Bertz CT molecular complexity index is 938. The third-order valence-electron chi connectivity index (χ3n) is 4.64. The first-order valence-corrected chi connectivity index (χ1v) is 13.1. The van der Waals surface area contributed by atoms with Crippen molar-refractivity contribution in [2.24, 2.45) is 0 Å². The molecule has 0 N–H and O–H groups in total. The first-order chi connectivity index (χ1) is 14.1. The maximum absolute atomic E-state index is 15.0. The molecule has 0 heterocycles. The fourth-order valence-corrected chi connectivity index (χ4v) is 10.6. The van der Waals surface area contributed by atoms with Crippen LogP contribution in [0.2, 0.25) is 0 Å². The van der Waals surface area contributed by atoms with E-state index in [0.29, 0.717) is 16.2 Å². The zero-order chi connectivity index (χ0) is 20.7. The van der Waals surface area contributed by atoms with Gasteiger partial charge < -0.3 is 13.6 Å². The summed E-state index contributed by atoms with van der Waals surface area (Å²) in [4.78, 5) is 0. The highest BCUT2D eigenvalue weighted by molar-refractivity contribution is 7.87. The van der Waals surface area contributed by atoms with Gasteiger partial charge in [0.2, 0.25) is 0 Å². The Kier molecular flexibility index (Phi) is 7.27. The van der Waals surface area contributed by atoms with Crippen molar-refractivity contribution in [3.63, 3.8) is 0 Å². The highest BCUT2D eigenvalue weighted by Gasteiger charge is 2.51. The molecule has 0 aliphatic rings. The Morgan fingerprint density at radius 3 is 1.41 bits per heavy atom. The SMILES string of the molecule is CCOP(=O)(OCC)[C@H](c1ccccc1)P(=O)(c1ccccc1)c1ccccc1. The zero-order valence-corrected chi connectivity index (χ0v) is 18.5. The maximum atomic E-state index is 15.0. The molecule has 3 aromatic rings. The maximum Gasteiger partial charge on any atom is 0.346 e. The predicted molar refractivity (Wildman–Crippen MR) is 120 cm³/mol. The van der Waals surface area contributed by atoms with Gasteiger partial charge in [-0.05, 0) is 19.4 Å². The van der Waals surface area contributed by atoms with Gasteiger partial charge >= 0.3 is 7.60 Å². The van der Waals surface area contributed by atoms with Crippen LogP contribution >= 0.6 is 14.7 Å². The van der Waals surface area contributed by atoms with E-state index in [0.717, 1.165) is 0 Å². The molecule has 4 nitrogen and oxygen atoms in total. The van der Waals surface area contributed by atoms with Gasteiger partial charge in [0.05, 0.1) is 13.2 Å². The molecule has 0 radical (unpaired) electrons. The molecule has 0 unspecified atom stereocenters. The molecule has 29 heavy (non-hydrogen) atoms. The van der Waals surface area contributed by atoms with E-state index in [1.54, 1.807) is 13.8 Å². The molecule has 0 saturated carbocycles. The van der Waals surface area contributed by atoms with Gasteiger partial charge in [0.1, 0.15) is 5.40 Å². The molecule has 0 aromatic heterocycles. The van der Waals surface area contributed by atoms with Crippen molar-refractivity contribution >= 4 is 25.3 Å². The number of hydrogen-bond acceptors (Lipinski definition) is 4. The molecule has 0 aliphatic carbocycles. The van der Waals surface area contributed by atoms with Crippen molar-refractivity contribution in [1.29, 1.82) is 0 Å². The number of hydrogen-bond donors (Lipinski definition) is 0. The van der Waals surface area contributed by atoms with E-state index in [9.17, 15) is 9.13 Å². The minimum atomic E-state index is -3.77. The predicted octanol–water partition coefficient (Wildman–Crippen LogP) is 5.97. The molecule has 1 atom stereocenters. The van der Waals surface area contributed by atoms with Crippen LogP contribution in [0, 0.1) is 0 Å². The summed E-state index contributed by atoms with van der Waals surface area (Å²) in [6.45, 7) is 3.93. The van der Waals surface area contributed by atoms with Crippen LogP contribution in [0.1, 0.15) is 24.8 Å². The molecule has 0 aliphatic heterocycles. The first kappa shape index (κ1) is 21.7. The molecule has 3 rings (SSSR count). The minimum Gasteiger partial charge on any atom is -0.312 e. The zero-order valence-electron chi connectivity index (χ0n) is 16.7. The van der Waals surface area contributed by atoms with E-state index in [-0.39, 0.29) is 13.2 Å². The van der Waals surface area contributed by atoms with Crippen molar-refractivity contribution in [1.82, 2.24) is 0 Å². The third-order valence-corrected chi connectivity index (χ3v) is 11.7. The number of benzene rings is 3. The second-order valence-corrected chi connectivity index (χ2v) is 11.9. The van der Waals surface area contributed by atoms with E-state index in [4.69, 9.17) is 9.05 Å². The summed E-state index contributed by atoms with van der Waals surface area (Å²) < 4.78 is 40.5. The molecular weight excluding hydrogens is 402 g/mol. The van der Waals surface area contributed by atoms with Gasteiger partial charge in [-0.2, -0.15) is 0 Å². The fourth-order valence-electron chi connectivity index (χ4n) is 3.49. The summed E-state index contributed by atoms with van der Waals surface area (Å²) in [6.07, 6.45) is 0. The smallest absolute Gasteiger partial charge is 0.312 e. The molecule has 0 amide bonds. The molecule has 152 valence electrons. The summed E-state index contributed by atoms with van der Waals surface area (Å²) in [6, 6.07) is 27.7. The third kappa shape index (κ3) is 4.47. The van der Waals surface area contributed by atoms with Gasteiger partial charge in [-0.1, -0.05) is 91.0 Å². The standard InChI is InChI=1S/C23H26O4P2/c1-3-26-29(25,27-4-2)23(20-14-8-5-9-15-20)28(24,21-16-10-6-11-17-21)22-18-12-7-13-19-22/h5-19,23H,3-4H2,1-2H3/t23-/m1/s1. The van der Waals surface area contributed by atoms with Crippen LogP contribution in [-0.2, 0) is 18.2 Å². The Hall–Kier alpha value is -1.96. The van der Waals surface area contributed by atoms with E-state index in [1.165, 1.54) is 0 Å². The molecule has 6 heteroatoms. The Labute approximate surface area is 172 Å². The lowest BCUT2D eigenvalue weighted by molar-refractivity contribution is 0.217. The van der Waals surface area contributed by atoms with Gasteiger partial charge in [-0.15, -0.1) is 0 Å². The molecule has 0 spiro atoms. The van der Waals surface area contributed by atoms with Crippen LogP contribution in [0.15, 0.2) is 91.0 Å². The van der Waals surface area contributed by atoms with Crippen LogP contribution in [0.5, 0.6) is 0 Å². The second-order valence-electron chi connectivity index (χ2n) is 6.49. The van der Waals surface area contributed by atoms with Crippen LogP contribution in [0.4, 0.5) is 0 Å². The average molecular weight is 428 g/mol. The van der Waals surface area contributed by atoms with E-state index >= 15 is 0 Å². The molecule has 3 aromatic carbocycles. The molecular formula is C23H26O4P2. The normalized spacial score (nSPS) is 13.2. The Balaban J connectivity index is 2.35. The summed E-state index contributed by atoms with van der Waals surface area (Å²) in [7, 11) is -7.22. The van der Waals surface area contributed by atoms with E-state index in [1.807, 2.05) is 91.0 Å². The summed E-state index contributed by atoms with van der Waals surface area (Å²) in [5.41, 5.74) is 0.675. The topological polar surface area (TPSA) is 52.6 Å². The molecule has 0 saturated heterocycles. The van der Waals surface area contributed by atoms with Crippen LogP contribution < -0.4 is 10.6 Å². The van der Waals surface area contributed by atoms with Gasteiger partial charge in [0.25, 0.3) is 0 Å². The van der Waals surface area contributed by atoms with Gasteiger partial charge in [-0.25, -0.2) is 0 Å². The first-order valence-electron chi connectivity index (χ1n) is 9.71. The Morgan fingerprint density at radius 1 is 0.655 bits per heavy atom. The average Bonchev–Trinajstić information content (AvgIpc) is 2.76. The fraction of sp³-hybridized carbons (Fsp3) is 0.217. The highest BCUT2D eigenvalue weighted by Crippen LogP contribution is 2.76. The molecule has 0 bridgehead atoms. The second kappa shape index (κ2) is 9.69. The lowest BCUT2D eigenvalue weighted by atomic mass is 10.2. The summed E-state index contributed by atoms with van der Waals surface area (Å²) >= 11 is 0. The van der Waals surface area contributed by atoms with Gasteiger partial charge in [0, 0.05) is 10.6 Å². The number of rotatable bonds is 9. The van der Waals surface area contributed by atoms with Crippen LogP contribution in [0.25, 0.3) is 0 Å². The van der Waals surface area contributed by atoms with E-state index < -0.39 is 20.1 Å². The molecule has 0 fully saturated rings. The highest BCUT2D eigenvalue weighted by atomic mass is 31.2. The summed E-state index contributed by atoms with van der Waals surface area (Å²) in [5, 5.41) is 0.306. The van der Waals surface area contributed by atoms with Crippen LogP contribution in [-0.4, -0.2) is 13.2 Å². The van der Waals surface area contributed by atoms with Crippen molar-refractivity contribution in [2.75, 3.05) is 13.2 Å². The van der Waals surface area contributed by atoms with Crippen molar-refractivity contribution < 1.29 is 18.2 Å². The van der Waals surface area contributed by atoms with Gasteiger partial charge in [0.15, 0.2) is 7.14 Å². The Morgan fingerprint density at radius 2 is 1.03 bits per heavy atom. The lowest BCUT2D eigenvalue weighted by Gasteiger charge is -2.33.